The zero-order valence-electron chi connectivity index (χ0n) is 8.89. The second-order valence-corrected chi connectivity index (χ2v) is 5.92. The topological polar surface area (TPSA) is 53.4 Å². The Morgan fingerprint density at radius 2 is 2.50 bits per heavy atom. The number of aliphatic carboxylic acids is 1. The Morgan fingerprint density at radius 3 is 3.00 bits per heavy atom. The van der Waals surface area contributed by atoms with Crippen LogP contribution in [0.15, 0.2) is 6.20 Å². The van der Waals surface area contributed by atoms with Crippen LogP contribution in [0.4, 0.5) is 0 Å². The van der Waals surface area contributed by atoms with Gasteiger partial charge in [0.2, 0.25) is 0 Å². The summed E-state index contributed by atoms with van der Waals surface area (Å²) in [5, 5.41) is 9.96. The van der Waals surface area contributed by atoms with Crippen LogP contribution in [-0.2, 0) is 11.3 Å². The summed E-state index contributed by atoms with van der Waals surface area (Å²) in [6.45, 7) is 4.10. The smallest absolute Gasteiger partial charge is 0.308 e. The molecule has 1 fully saturated rings. The molecule has 1 aliphatic rings. The summed E-state index contributed by atoms with van der Waals surface area (Å²) in [7, 11) is 0. The number of hydrogen-bond acceptors (Lipinski definition) is 4. The lowest BCUT2D eigenvalue weighted by Crippen LogP contribution is -2.23. The number of aromatic nitrogens is 1. The minimum absolute atomic E-state index is 0.202. The highest BCUT2D eigenvalue weighted by Gasteiger charge is 2.34. The van der Waals surface area contributed by atoms with Gasteiger partial charge in [-0.1, -0.05) is 18.5 Å². The fourth-order valence-corrected chi connectivity index (χ4v) is 3.07. The summed E-state index contributed by atoms with van der Waals surface area (Å²) in [6, 6.07) is 0. The molecule has 88 valence electrons. The first kappa shape index (κ1) is 11.8. The highest BCUT2D eigenvalue weighted by molar-refractivity contribution is 7.15. The number of hydrogen-bond donors (Lipinski definition) is 1. The van der Waals surface area contributed by atoms with Crippen molar-refractivity contribution in [1.82, 2.24) is 9.88 Å². The largest absolute Gasteiger partial charge is 0.481 e. The van der Waals surface area contributed by atoms with Crippen LogP contribution in [0, 0.1) is 11.8 Å². The van der Waals surface area contributed by atoms with Gasteiger partial charge in [0, 0.05) is 13.1 Å². The summed E-state index contributed by atoms with van der Waals surface area (Å²) in [6.07, 6.45) is 1.63. The predicted molar refractivity (Wildman–Crippen MR) is 62.7 cm³/mol. The van der Waals surface area contributed by atoms with E-state index in [4.69, 9.17) is 16.7 Å². The summed E-state index contributed by atoms with van der Waals surface area (Å²) in [4.78, 5) is 17.2. The van der Waals surface area contributed by atoms with E-state index in [1.165, 1.54) is 11.3 Å². The maximum absolute atomic E-state index is 11.0. The SMILES string of the molecule is CC1CN(Cc2ncc(Cl)s2)CC1C(=O)O. The molecule has 1 N–H and O–H groups in total. The van der Waals surface area contributed by atoms with E-state index in [1.54, 1.807) is 6.20 Å². The van der Waals surface area contributed by atoms with Gasteiger partial charge in [-0.3, -0.25) is 9.69 Å². The van der Waals surface area contributed by atoms with Gasteiger partial charge in [0.05, 0.1) is 18.7 Å². The van der Waals surface area contributed by atoms with Crippen molar-refractivity contribution in [3.63, 3.8) is 0 Å². The van der Waals surface area contributed by atoms with Gasteiger partial charge < -0.3 is 5.11 Å². The summed E-state index contributed by atoms with van der Waals surface area (Å²) < 4.78 is 0.678. The van der Waals surface area contributed by atoms with E-state index in [1.807, 2.05) is 6.92 Å². The number of carbonyl (C=O) groups is 1. The number of likely N-dealkylation sites (tertiary alicyclic amines) is 1. The fraction of sp³-hybridized carbons (Fsp3) is 0.600. The summed E-state index contributed by atoms with van der Waals surface area (Å²) >= 11 is 7.25. The Balaban J connectivity index is 1.96. The first-order valence-electron chi connectivity index (χ1n) is 5.11. The van der Waals surface area contributed by atoms with E-state index in [2.05, 4.69) is 9.88 Å². The first-order valence-corrected chi connectivity index (χ1v) is 6.31. The number of carboxylic acid groups (broad SMARTS) is 1. The number of halogens is 1. The molecule has 0 amide bonds. The highest BCUT2D eigenvalue weighted by Crippen LogP contribution is 2.26. The van der Waals surface area contributed by atoms with Gasteiger partial charge in [0.1, 0.15) is 9.34 Å². The second-order valence-electron chi connectivity index (χ2n) is 4.17. The van der Waals surface area contributed by atoms with Crippen LogP contribution in [0.3, 0.4) is 0 Å². The van der Waals surface area contributed by atoms with Crippen LogP contribution in [-0.4, -0.2) is 34.0 Å². The average Bonchev–Trinajstić information content (AvgIpc) is 2.73. The van der Waals surface area contributed by atoms with Crippen molar-refractivity contribution >= 4 is 28.9 Å². The van der Waals surface area contributed by atoms with Crippen molar-refractivity contribution < 1.29 is 9.90 Å². The van der Waals surface area contributed by atoms with Crippen molar-refractivity contribution in [1.29, 1.82) is 0 Å². The third-order valence-corrected chi connectivity index (χ3v) is 3.99. The highest BCUT2D eigenvalue weighted by atomic mass is 35.5. The molecule has 0 saturated carbocycles. The molecular weight excluding hydrogens is 248 g/mol. The van der Waals surface area contributed by atoms with E-state index in [0.717, 1.165) is 11.6 Å². The van der Waals surface area contributed by atoms with Gasteiger partial charge in [0.25, 0.3) is 0 Å². The molecule has 0 bridgehead atoms. The van der Waals surface area contributed by atoms with E-state index in [9.17, 15) is 4.79 Å². The second kappa shape index (κ2) is 4.69. The number of nitrogens with zero attached hydrogens (tertiary/aromatic N) is 2. The minimum Gasteiger partial charge on any atom is -0.481 e. The third kappa shape index (κ3) is 2.53. The molecule has 2 rings (SSSR count). The molecule has 6 heteroatoms. The van der Waals surface area contributed by atoms with E-state index in [-0.39, 0.29) is 11.8 Å². The molecule has 4 nitrogen and oxygen atoms in total. The Morgan fingerprint density at radius 1 is 1.75 bits per heavy atom. The molecule has 0 aromatic carbocycles. The van der Waals surface area contributed by atoms with Crippen molar-refractivity contribution in [2.75, 3.05) is 13.1 Å². The standard InChI is InChI=1S/C10H13ClN2O2S/c1-6-3-13(4-7(6)10(14)15)5-9-12-2-8(11)16-9/h2,6-7H,3-5H2,1H3,(H,14,15). The monoisotopic (exact) mass is 260 g/mol. The molecule has 16 heavy (non-hydrogen) atoms. The van der Waals surface area contributed by atoms with Gasteiger partial charge >= 0.3 is 5.97 Å². The van der Waals surface area contributed by atoms with Crippen molar-refractivity contribution in [3.8, 4) is 0 Å². The predicted octanol–water partition coefficient (Wildman–Crippen LogP) is 1.95. The van der Waals surface area contributed by atoms with Crippen LogP contribution in [0.5, 0.6) is 0 Å². The molecule has 1 aromatic heterocycles. The molecule has 0 aliphatic carbocycles. The Bertz CT molecular complexity index is 396. The maximum Gasteiger partial charge on any atom is 0.308 e. The quantitative estimate of drug-likeness (QED) is 0.903. The van der Waals surface area contributed by atoms with E-state index in [0.29, 0.717) is 17.4 Å². The van der Waals surface area contributed by atoms with Crippen LogP contribution in [0.1, 0.15) is 11.9 Å². The molecule has 0 radical (unpaired) electrons. The van der Waals surface area contributed by atoms with Crippen molar-refractivity contribution in [2.45, 2.75) is 13.5 Å². The number of carboxylic acids is 1. The summed E-state index contributed by atoms with van der Waals surface area (Å²) in [5.41, 5.74) is 0. The lowest BCUT2D eigenvalue weighted by molar-refractivity contribution is -0.142. The first-order chi connectivity index (χ1) is 7.56. The van der Waals surface area contributed by atoms with Crippen LogP contribution >= 0.6 is 22.9 Å². The molecule has 0 spiro atoms. The van der Waals surface area contributed by atoms with Crippen LogP contribution < -0.4 is 0 Å². The van der Waals surface area contributed by atoms with Gasteiger partial charge in [0.15, 0.2) is 0 Å². The summed E-state index contributed by atoms with van der Waals surface area (Å²) in [5.74, 6) is -0.754. The molecule has 2 atom stereocenters. The lowest BCUT2D eigenvalue weighted by atomic mass is 9.99. The zero-order chi connectivity index (χ0) is 11.7. The fourth-order valence-electron chi connectivity index (χ4n) is 2.07. The molecular formula is C10H13ClN2O2S. The van der Waals surface area contributed by atoms with Gasteiger partial charge in [-0.25, -0.2) is 4.98 Å². The van der Waals surface area contributed by atoms with E-state index < -0.39 is 5.97 Å². The Labute approximate surface area is 103 Å². The minimum atomic E-state index is -0.702. The van der Waals surface area contributed by atoms with Gasteiger partial charge in [-0.2, -0.15) is 0 Å². The van der Waals surface area contributed by atoms with Crippen molar-refractivity contribution in [2.24, 2.45) is 11.8 Å². The molecule has 1 aromatic rings. The van der Waals surface area contributed by atoms with Crippen LogP contribution in [0.25, 0.3) is 0 Å². The van der Waals surface area contributed by atoms with Gasteiger partial charge in [-0.05, 0) is 5.92 Å². The molecule has 2 heterocycles. The zero-order valence-corrected chi connectivity index (χ0v) is 10.5. The third-order valence-electron chi connectivity index (χ3n) is 2.89. The molecule has 1 aliphatic heterocycles. The van der Waals surface area contributed by atoms with Crippen molar-refractivity contribution in [3.05, 3.63) is 15.5 Å². The Hall–Kier alpha value is -0.650. The van der Waals surface area contributed by atoms with Crippen LogP contribution in [0.2, 0.25) is 4.34 Å². The molecule has 1 saturated heterocycles. The number of rotatable bonds is 3. The number of thiazole rings is 1. The molecule has 2 unspecified atom stereocenters. The maximum atomic E-state index is 11.0. The normalized spacial score (nSPS) is 26.1. The Kier molecular flexibility index (Phi) is 3.47. The van der Waals surface area contributed by atoms with Gasteiger partial charge in [-0.15, -0.1) is 11.3 Å². The average molecular weight is 261 g/mol. The lowest BCUT2D eigenvalue weighted by Gasteiger charge is -2.12. The van der Waals surface area contributed by atoms with E-state index >= 15 is 0 Å².